The summed E-state index contributed by atoms with van der Waals surface area (Å²) in [6.07, 6.45) is 10.4. The first-order chi connectivity index (χ1) is 12.3. The van der Waals surface area contributed by atoms with Gasteiger partial charge >= 0.3 is 0 Å². The third-order valence-corrected chi connectivity index (χ3v) is 4.36. The number of fused-ring (bicyclic) bond motifs is 2. The van der Waals surface area contributed by atoms with Crippen molar-refractivity contribution in [1.82, 2.24) is 19.9 Å². The largest absolute Gasteiger partial charge is 0.474 e. The number of ether oxygens (including phenoxy) is 2. The number of nitrogens with zero attached hydrogens (tertiary/aromatic N) is 4. The van der Waals surface area contributed by atoms with Gasteiger partial charge in [0, 0.05) is 31.2 Å². The Balaban J connectivity index is 1.63. The van der Waals surface area contributed by atoms with Crippen LogP contribution in [0.3, 0.4) is 0 Å². The van der Waals surface area contributed by atoms with Gasteiger partial charge < -0.3 is 9.47 Å². The highest BCUT2D eigenvalue weighted by molar-refractivity contribution is 5.09. The van der Waals surface area contributed by atoms with Gasteiger partial charge in [-0.2, -0.15) is 0 Å². The standard InChI is InChI=1S/C19H26N4O2/c1-16-15-24-9-10-25-19-13-21-12-18(22-19)6-2-3-8-23(16)14-17-5-4-7-20-11-17/h4-5,7,11-13,16H,2-3,6,8-10,14-15H2,1H3/t16-/m0/s1. The van der Waals surface area contributed by atoms with Gasteiger partial charge in [-0.1, -0.05) is 6.07 Å². The Kier molecular flexibility index (Phi) is 6.71. The lowest BCUT2D eigenvalue weighted by molar-refractivity contribution is 0.0455. The minimum Gasteiger partial charge on any atom is -0.474 e. The first-order valence-electron chi connectivity index (χ1n) is 8.95. The Morgan fingerprint density at radius 3 is 3.00 bits per heavy atom. The average molecular weight is 342 g/mol. The molecule has 134 valence electrons. The van der Waals surface area contributed by atoms with Crippen LogP contribution in [0.4, 0.5) is 0 Å². The molecule has 0 radical (unpaired) electrons. The van der Waals surface area contributed by atoms with Crippen molar-refractivity contribution in [2.75, 3.05) is 26.4 Å². The maximum atomic E-state index is 5.80. The molecule has 2 aromatic rings. The van der Waals surface area contributed by atoms with E-state index in [2.05, 4.69) is 32.8 Å². The first-order valence-corrected chi connectivity index (χ1v) is 8.95. The lowest BCUT2D eigenvalue weighted by Gasteiger charge is -2.29. The van der Waals surface area contributed by atoms with Crippen molar-refractivity contribution < 1.29 is 9.47 Å². The Labute approximate surface area is 149 Å². The molecule has 0 unspecified atom stereocenters. The number of rotatable bonds is 2. The minimum absolute atomic E-state index is 0.348. The van der Waals surface area contributed by atoms with Crippen molar-refractivity contribution in [1.29, 1.82) is 0 Å². The van der Waals surface area contributed by atoms with E-state index < -0.39 is 0 Å². The molecule has 1 aliphatic rings. The molecular weight excluding hydrogens is 316 g/mol. The SMILES string of the molecule is C[C@H]1COCCOc2cncc(n2)CCCCN1Cc1cccnc1. The maximum Gasteiger partial charge on any atom is 0.232 e. The second-order valence-corrected chi connectivity index (χ2v) is 6.41. The summed E-state index contributed by atoms with van der Waals surface area (Å²) in [6.45, 7) is 5.88. The van der Waals surface area contributed by atoms with Crippen LogP contribution in [0.1, 0.15) is 31.0 Å². The van der Waals surface area contributed by atoms with E-state index in [0.29, 0.717) is 31.7 Å². The zero-order chi connectivity index (χ0) is 17.3. The van der Waals surface area contributed by atoms with Crippen molar-refractivity contribution in [3.05, 3.63) is 48.2 Å². The van der Waals surface area contributed by atoms with Gasteiger partial charge in [0.15, 0.2) is 0 Å². The van der Waals surface area contributed by atoms with Crippen molar-refractivity contribution in [3.63, 3.8) is 0 Å². The number of pyridine rings is 1. The summed E-state index contributed by atoms with van der Waals surface area (Å²) in [5.74, 6) is 0.587. The second-order valence-electron chi connectivity index (χ2n) is 6.41. The highest BCUT2D eigenvalue weighted by Gasteiger charge is 2.15. The number of aromatic nitrogens is 3. The van der Waals surface area contributed by atoms with Gasteiger partial charge in [-0.15, -0.1) is 0 Å². The molecule has 0 aliphatic carbocycles. The average Bonchev–Trinajstić information content (AvgIpc) is 2.64. The maximum absolute atomic E-state index is 5.80. The smallest absolute Gasteiger partial charge is 0.232 e. The summed E-state index contributed by atoms with van der Waals surface area (Å²) in [5.41, 5.74) is 2.22. The zero-order valence-corrected chi connectivity index (χ0v) is 14.8. The predicted octanol–water partition coefficient (Wildman–Crippen LogP) is 2.49. The summed E-state index contributed by atoms with van der Waals surface area (Å²) >= 11 is 0. The highest BCUT2D eigenvalue weighted by atomic mass is 16.5. The van der Waals surface area contributed by atoms with Crippen LogP contribution in [0, 0.1) is 0 Å². The van der Waals surface area contributed by atoms with Crippen LogP contribution in [0.2, 0.25) is 0 Å². The van der Waals surface area contributed by atoms with Gasteiger partial charge in [-0.05, 0) is 44.4 Å². The topological polar surface area (TPSA) is 60.4 Å². The molecule has 6 nitrogen and oxygen atoms in total. The lowest BCUT2D eigenvalue weighted by Crippen LogP contribution is -2.37. The summed E-state index contributed by atoms with van der Waals surface area (Å²) in [7, 11) is 0. The molecule has 1 atom stereocenters. The van der Waals surface area contributed by atoms with E-state index in [-0.39, 0.29) is 0 Å². The van der Waals surface area contributed by atoms with E-state index in [1.165, 1.54) is 5.56 Å². The van der Waals surface area contributed by atoms with Crippen molar-refractivity contribution >= 4 is 0 Å². The zero-order valence-electron chi connectivity index (χ0n) is 14.8. The molecule has 2 bridgehead atoms. The second kappa shape index (κ2) is 9.44. The van der Waals surface area contributed by atoms with Crippen molar-refractivity contribution in [2.45, 2.75) is 38.8 Å². The third kappa shape index (κ3) is 5.76. The molecule has 6 heteroatoms. The van der Waals surface area contributed by atoms with Crippen LogP contribution in [-0.2, 0) is 17.7 Å². The molecule has 25 heavy (non-hydrogen) atoms. The normalized spacial score (nSPS) is 20.4. The molecule has 0 N–H and O–H groups in total. The monoisotopic (exact) mass is 342 g/mol. The van der Waals surface area contributed by atoms with Crippen LogP contribution in [0.25, 0.3) is 0 Å². The van der Waals surface area contributed by atoms with E-state index in [1.807, 2.05) is 24.7 Å². The van der Waals surface area contributed by atoms with Crippen LogP contribution >= 0.6 is 0 Å². The first kappa shape index (κ1) is 17.8. The molecular formula is C19H26N4O2. The van der Waals surface area contributed by atoms with Gasteiger partial charge in [0.1, 0.15) is 6.61 Å². The van der Waals surface area contributed by atoms with E-state index in [9.17, 15) is 0 Å². The Morgan fingerprint density at radius 2 is 2.12 bits per heavy atom. The molecule has 0 saturated heterocycles. The molecule has 2 aromatic heterocycles. The fourth-order valence-corrected chi connectivity index (χ4v) is 2.94. The fraction of sp³-hybridized carbons (Fsp3) is 0.526. The van der Waals surface area contributed by atoms with Crippen LogP contribution in [0.15, 0.2) is 36.9 Å². The number of hydrogen-bond acceptors (Lipinski definition) is 6. The van der Waals surface area contributed by atoms with Crippen molar-refractivity contribution in [2.24, 2.45) is 0 Å². The fourth-order valence-electron chi connectivity index (χ4n) is 2.94. The summed E-state index contributed by atoms with van der Waals surface area (Å²) < 4.78 is 11.4. The third-order valence-electron chi connectivity index (χ3n) is 4.36. The molecule has 0 amide bonds. The number of aryl methyl sites for hydroxylation is 1. The predicted molar refractivity (Wildman–Crippen MR) is 95.4 cm³/mol. The number of hydrogen-bond donors (Lipinski definition) is 0. The molecule has 3 heterocycles. The molecule has 1 aliphatic heterocycles. The van der Waals surface area contributed by atoms with Gasteiger partial charge in [-0.3, -0.25) is 14.9 Å². The molecule has 0 spiro atoms. The van der Waals surface area contributed by atoms with Crippen molar-refractivity contribution in [3.8, 4) is 5.88 Å². The molecule has 0 aromatic carbocycles. The summed E-state index contributed by atoms with van der Waals surface area (Å²) in [4.78, 5) is 15.4. The summed E-state index contributed by atoms with van der Waals surface area (Å²) in [6, 6.07) is 4.46. The molecule has 0 saturated carbocycles. The van der Waals surface area contributed by atoms with Gasteiger partial charge in [0.05, 0.1) is 25.1 Å². The highest BCUT2D eigenvalue weighted by Crippen LogP contribution is 2.13. The van der Waals surface area contributed by atoms with Gasteiger partial charge in [0.2, 0.25) is 5.88 Å². The lowest BCUT2D eigenvalue weighted by atomic mass is 10.1. The minimum atomic E-state index is 0.348. The van der Waals surface area contributed by atoms with Gasteiger partial charge in [0.25, 0.3) is 0 Å². The van der Waals surface area contributed by atoms with E-state index in [4.69, 9.17) is 9.47 Å². The molecule has 3 rings (SSSR count). The van der Waals surface area contributed by atoms with E-state index >= 15 is 0 Å². The Bertz CT molecular complexity index is 638. The Morgan fingerprint density at radius 1 is 1.16 bits per heavy atom. The van der Waals surface area contributed by atoms with Crippen LogP contribution < -0.4 is 4.74 Å². The van der Waals surface area contributed by atoms with Crippen LogP contribution in [0.5, 0.6) is 5.88 Å². The van der Waals surface area contributed by atoms with Crippen LogP contribution in [-0.4, -0.2) is 52.3 Å². The van der Waals surface area contributed by atoms with Gasteiger partial charge in [-0.25, -0.2) is 4.98 Å². The Hall–Kier alpha value is -2.05. The summed E-state index contributed by atoms with van der Waals surface area (Å²) in [5, 5.41) is 0. The quantitative estimate of drug-likeness (QED) is 0.836. The molecule has 0 fully saturated rings. The van der Waals surface area contributed by atoms with E-state index in [0.717, 1.165) is 38.0 Å². The van der Waals surface area contributed by atoms with E-state index in [1.54, 1.807) is 6.20 Å².